The van der Waals surface area contributed by atoms with E-state index in [1.165, 1.54) is 24.3 Å². The van der Waals surface area contributed by atoms with Gasteiger partial charge in [0.25, 0.3) is 0 Å². The van der Waals surface area contributed by atoms with E-state index in [9.17, 15) is 4.79 Å². The first-order valence-corrected chi connectivity index (χ1v) is 5.73. The van der Waals surface area contributed by atoms with Crippen LogP contribution < -0.4 is 0 Å². The van der Waals surface area contributed by atoms with E-state index in [-0.39, 0.29) is 5.56 Å². The van der Waals surface area contributed by atoms with Crippen molar-refractivity contribution in [3.8, 4) is 0 Å². The normalized spacial score (nSPS) is 10.4. The molecular weight excluding hydrogens is 242 g/mol. The Bertz CT molecular complexity index is 541. The molecule has 0 spiro atoms. The third-order valence-electron chi connectivity index (χ3n) is 1.93. The second-order valence-corrected chi connectivity index (χ2v) is 4.23. The summed E-state index contributed by atoms with van der Waals surface area (Å²) in [4.78, 5) is 18.5. The SMILES string of the molecule is Cc1cc(CSc2ncncc2C(=O)O)on1. The maximum atomic E-state index is 10.9. The van der Waals surface area contributed by atoms with E-state index in [0.29, 0.717) is 16.5 Å². The van der Waals surface area contributed by atoms with Crippen molar-refractivity contribution in [2.45, 2.75) is 17.7 Å². The van der Waals surface area contributed by atoms with Crippen LogP contribution in [0.2, 0.25) is 0 Å². The Morgan fingerprint density at radius 2 is 2.41 bits per heavy atom. The lowest BCUT2D eigenvalue weighted by atomic mass is 10.3. The minimum Gasteiger partial charge on any atom is -0.478 e. The predicted molar refractivity (Wildman–Crippen MR) is 59.8 cm³/mol. The van der Waals surface area contributed by atoms with Gasteiger partial charge in [-0.15, -0.1) is 0 Å². The highest BCUT2D eigenvalue weighted by Gasteiger charge is 2.12. The number of carbonyl (C=O) groups is 1. The Balaban J connectivity index is 2.11. The van der Waals surface area contributed by atoms with Crippen LogP contribution >= 0.6 is 11.8 Å². The number of nitrogens with zero attached hydrogens (tertiary/aromatic N) is 3. The van der Waals surface area contributed by atoms with Gasteiger partial charge in [0.1, 0.15) is 22.7 Å². The summed E-state index contributed by atoms with van der Waals surface area (Å²) in [5.41, 5.74) is 0.885. The van der Waals surface area contributed by atoms with Gasteiger partial charge in [-0.3, -0.25) is 0 Å². The van der Waals surface area contributed by atoms with Crippen LogP contribution in [0, 0.1) is 6.92 Å². The average molecular weight is 251 g/mol. The first-order chi connectivity index (χ1) is 8.16. The number of thioether (sulfide) groups is 1. The molecule has 0 unspecified atom stereocenters. The van der Waals surface area contributed by atoms with Crippen LogP contribution in [0.1, 0.15) is 21.8 Å². The van der Waals surface area contributed by atoms with Crippen molar-refractivity contribution < 1.29 is 14.4 Å². The van der Waals surface area contributed by atoms with E-state index in [2.05, 4.69) is 15.1 Å². The molecule has 0 fully saturated rings. The van der Waals surface area contributed by atoms with Crippen LogP contribution in [0.4, 0.5) is 0 Å². The molecule has 88 valence electrons. The molecule has 2 aromatic rings. The molecule has 0 aromatic carbocycles. The number of aromatic carboxylic acids is 1. The Kier molecular flexibility index (Phi) is 3.38. The van der Waals surface area contributed by atoms with Crippen LogP contribution in [0.15, 0.2) is 28.1 Å². The van der Waals surface area contributed by atoms with Crippen molar-refractivity contribution in [3.05, 3.63) is 35.6 Å². The van der Waals surface area contributed by atoms with E-state index in [0.717, 1.165) is 5.69 Å². The van der Waals surface area contributed by atoms with Gasteiger partial charge in [-0.05, 0) is 6.92 Å². The van der Waals surface area contributed by atoms with Gasteiger partial charge in [-0.25, -0.2) is 14.8 Å². The molecule has 2 heterocycles. The molecule has 6 nitrogen and oxygen atoms in total. The molecule has 0 amide bonds. The Morgan fingerprint density at radius 1 is 1.59 bits per heavy atom. The second kappa shape index (κ2) is 4.96. The Hall–Kier alpha value is -1.89. The summed E-state index contributed by atoms with van der Waals surface area (Å²) < 4.78 is 5.02. The molecule has 0 saturated heterocycles. The first kappa shape index (κ1) is 11.6. The van der Waals surface area contributed by atoms with Crippen molar-refractivity contribution in [2.24, 2.45) is 0 Å². The van der Waals surface area contributed by atoms with Gasteiger partial charge in [0.05, 0.1) is 11.4 Å². The van der Waals surface area contributed by atoms with Crippen LogP contribution in [0.3, 0.4) is 0 Å². The zero-order chi connectivity index (χ0) is 12.3. The van der Waals surface area contributed by atoms with Crippen molar-refractivity contribution in [2.75, 3.05) is 0 Å². The molecule has 1 N–H and O–H groups in total. The topological polar surface area (TPSA) is 89.1 Å². The third-order valence-corrected chi connectivity index (χ3v) is 2.96. The largest absolute Gasteiger partial charge is 0.478 e. The fourth-order valence-corrected chi connectivity index (χ4v) is 2.04. The van der Waals surface area contributed by atoms with Crippen molar-refractivity contribution in [1.82, 2.24) is 15.1 Å². The molecular formula is C10H9N3O3S. The van der Waals surface area contributed by atoms with Crippen molar-refractivity contribution in [3.63, 3.8) is 0 Å². The fraction of sp³-hybridized carbons (Fsp3) is 0.200. The number of aryl methyl sites for hydroxylation is 1. The molecule has 0 aliphatic heterocycles. The summed E-state index contributed by atoms with van der Waals surface area (Å²) >= 11 is 1.28. The summed E-state index contributed by atoms with van der Waals surface area (Å²) in [6, 6.07) is 1.80. The molecule has 0 saturated carbocycles. The number of hydrogen-bond acceptors (Lipinski definition) is 6. The number of hydrogen-bond donors (Lipinski definition) is 1. The smallest absolute Gasteiger partial charge is 0.340 e. The maximum absolute atomic E-state index is 10.9. The first-order valence-electron chi connectivity index (χ1n) is 4.75. The molecule has 7 heteroatoms. The van der Waals surface area contributed by atoms with E-state index in [4.69, 9.17) is 9.63 Å². The van der Waals surface area contributed by atoms with Gasteiger partial charge in [0.15, 0.2) is 0 Å². The molecule has 2 rings (SSSR count). The van der Waals surface area contributed by atoms with Gasteiger partial charge < -0.3 is 9.63 Å². The zero-order valence-electron chi connectivity index (χ0n) is 8.95. The lowest BCUT2D eigenvalue weighted by molar-refractivity contribution is 0.0691. The predicted octanol–water partition coefficient (Wildman–Crippen LogP) is 1.76. The van der Waals surface area contributed by atoms with Crippen molar-refractivity contribution in [1.29, 1.82) is 0 Å². The molecule has 0 radical (unpaired) electrons. The van der Waals surface area contributed by atoms with Crippen molar-refractivity contribution >= 4 is 17.7 Å². The number of aromatic nitrogens is 3. The summed E-state index contributed by atoms with van der Waals surface area (Å²) in [6.07, 6.45) is 2.60. The number of carboxylic acids is 1. The molecule has 0 aliphatic carbocycles. The van der Waals surface area contributed by atoms with Gasteiger partial charge in [0, 0.05) is 12.3 Å². The van der Waals surface area contributed by atoms with E-state index in [1.54, 1.807) is 6.07 Å². The highest BCUT2D eigenvalue weighted by Crippen LogP contribution is 2.23. The van der Waals surface area contributed by atoms with E-state index >= 15 is 0 Å². The van der Waals surface area contributed by atoms with Gasteiger partial charge in [0.2, 0.25) is 0 Å². The highest BCUT2D eigenvalue weighted by molar-refractivity contribution is 7.98. The second-order valence-electron chi connectivity index (χ2n) is 3.27. The molecule has 0 bridgehead atoms. The average Bonchev–Trinajstić information content (AvgIpc) is 2.73. The Morgan fingerprint density at radius 3 is 3.06 bits per heavy atom. The van der Waals surface area contributed by atoms with Crippen LogP contribution in [0.5, 0.6) is 0 Å². The standard InChI is InChI=1S/C10H9N3O3S/c1-6-2-7(16-13-6)4-17-9-8(10(14)15)3-11-5-12-9/h2-3,5H,4H2,1H3,(H,14,15). The molecule has 2 aromatic heterocycles. The summed E-state index contributed by atoms with van der Waals surface area (Å²) in [5, 5.41) is 13.1. The summed E-state index contributed by atoms with van der Waals surface area (Å²) in [6.45, 7) is 1.82. The third kappa shape index (κ3) is 2.82. The minimum absolute atomic E-state index is 0.0914. The minimum atomic E-state index is -1.04. The Labute approximate surface area is 101 Å². The summed E-state index contributed by atoms with van der Waals surface area (Å²) in [7, 11) is 0. The van der Waals surface area contributed by atoms with E-state index < -0.39 is 5.97 Å². The fourth-order valence-electron chi connectivity index (χ4n) is 1.20. The molecule has 0 aliphatic rings. The quantitative estimate of drug-likeness (QED) is 0.654. The van der Waals surface area contributed by atoms with Gasteiger partial charge in [-0.2, -0.15) is 0 Å². The monoisotopic (exact) mass is 251 g/mol. The molecule has 0 atom stereocenters. The maximum Gasteiger partial charge on any atom is 0.340 e. The van der Waals surface area contributed by atoms with E-state index in [1.807, 2.05) is 6.92 Å². The lowest BCUT2D eigenvalue weighted by Crippen LogP contribution is -2.01. The van der Waals surface area contributed by atoms with Crippen LogP contribution in [-0.2, 0) is 5.75 Å². The highest BCUT2D eigenvalue weighted by atomic mass is 32.2. The van der Waals surface area contributed by atoms with Crippen LogP contribution in [0.25, 0.3) is 0 Å². The number of carboxylic acid groups (broad SMARTS) is 1. The zero-order valence-corrected chi connectivity index (χ0v) is 9.77. The van der Waals surface area contributed by atoms with Gasteiger partial charge in [-0.1, -0.05) is 16.9 Å². The summed E-state index contributed by atoms with van der Waals surface area (Å²) in [5.74, 6) is 0.127. The van der Waals surface area contributed by atoms with Crippen LogP contribution in [-0.4, -0.2) is 26.2 Å². The van der Waals surface area contributed by atoms with Gasteiger partial charge >= 0.3 is 5.97 Å². The molecule has 17 heavy (non-hydrogen) atoms. The lowest BCUT2D eigenvalue weighted by Gasteiger charge is -2.01. The number of rotatable bonds is 4.